The number of piperidine rings is 1. The fourth-order valence-corrected chi connectivity index (χ4v) is 5.35. The van der Waals surface area contributed by atoms with Crippen LogP contribution < -0.4 is 4.90 Å². The van der Waals surface area contributed by atoms with E-state index in [0.29, 0.717) is 42.6 Å². The number of anilines is 1. The molecule has 0 aromatic heterocycles. The molecule has 6 nitrogen and oxygen atoms in total. The van der Waals surface area contributed by atoms with Crippen LogP contribution in [-0.4, -0.2) is 47.4 Å². The predicted molar refractivity (Wildman–Crippen MR) is 139 cm³/mol. The Kier molecular flexibility index (Phi) is 6.24. The molecule has 7 heteroatoms. The Labute approximate surface area is 210 Å². The predicted octanol–water partition coefficient (Wildman–Crippen LogP) is 5.26. The van der Waals surface area contributed by atoms with Crippen molar-refractivity contribution >= 4 is 29.0 Å². The summed E-state index contributed by atoms with van der Waals surface area (Å²) in [5.74, 6) is -0.793. The van der Waals surface area contributed by atoms with Gasteiger partial charge in [0.15, 0.2) is 0 Å². The van der Waals surface area contributed by atoms with Gasteiger partial charge in [0.1, 0.15) is 11.7 Å². The number of fused-ring (bicyclic) bond motifs is 2. The van der Waals surface area contributed by atoms with E-state index < -0.39 is 5.97 Å². The average Bonchev–Trinajstić information content (AvgIpc) is 3.60. The zero-order valence-corrected chi connectivity index (χ0v) is 20.4. The van der Waals surface area contributed by atoms with Gasteiger partial charge in [-0.15, -0.1) is 0 Å². The first-order valence-corrected chi connectivity index (χ1v) is 12.4. The summed E-state index contributed by atoms with van der Waals surface area (Å²) in [6.07, 6.45) is 6.39. The van der Waals surface area contributed by atoms with Crippen molar-refractivity contribution in [2.45, 2.75) is 38.0 Å². The second kappa shape index (κ2) is 9.37. The van der Waals surface area contributed by atoms with Crippen LogP contribution in [0, 0.1) is 11.7 Å². The van der Waals surface area contributed by atoms with E-state index in [4.69, 9.17) is 0 Å². The van der Waals surface area contributed by atoms with Crippen molar-refractivity contribution in [3.05, 3.63) is 83.8 Å². The van der Waals surface area contributed by atoms with Gasteiger partial charge in [0.05, 0.1) is 5.92 Å². The van der Waals surface area contributed by atoms with Crippen LogP contribution in [0.15, 0.2) is 66.3 Å². The highest BCUT2D eigenvalue weighted by molar-refractivity contribution is 6.02. The molecule has 0 radical (unpaired) electrons. The lowest BCUT2D eigenvalue weighted by Crippen LogP contribution is -2.40. The smallest absolute Gasteiger partial charge is 0.306 e. The maximum absolute atomic E-state index is 14.3. The number of halogens is 1. The zero-order chi connectivity index (χ0) is 25.4. The maximum atomic E-state index is 14.3. The van der Waals surface area contributed by atoms with E-state index in [-0.39, 0.29) is 23.1 Å². The van der Waals surface area contributed by atoms with Crippen molar-refractivity contribution in [1.82, 2.24) is 4.90 Å². The SMILES string of the molecule is C=C/C(=C\N=C(C)N1CC2(CC2)c2ccc(C(=O)N3CCC(C(=O)O)CC3)cc21)c1ccccc1F. The third-order valence-electron chi connectivity index (χ3n) is 7.74. The van der Waals surface area contributed by atoms with Gasteiger partial charge in [0.2, 0.25) is 0 Å². The number of aliphatic imine (C=N–C) groups is 1. The quantitative estimate of drug-likeness (QED) is 0.355. The highest BCUT2D eigenvalue weighted by Gasteiger charge is 2.52. The Morgan fingerprint density at radius 3 is 2.53 bits per heavy atom. The number of allylic oxidation sites excluding steroid dienone is 2. The lowest BCUT2D eigenvalue weighted by atomic mass is 9.95. The summed E-state index contributed by atoms with van der Waals surface area (Å²) in [6.45, 7) is 7.45. The summed E-state index contributed by atoms with van der Waals surface area (Å²) in [6, 6.07) is 12.5. The van der Waals surface area contributed by atoms with Gasteiger partial charge >= 0.3 is 5.97 Å². The van der Waals surface area contributed by atoms with Crippen molar-refractivity contribution in [3.8, 4) is 0 Å². The molecule has 1 N–H and O–H groups in total. The Morgan fingerprint density at radius 1 is 1.17 bits per heavy atom. The van der Waals surface area contributed by atoms with Gasteiger partial charge in [-0.3, -0.25) is 9.59 Å². The molecule has 0 unspecified atom stereocenters. The van der Waals surface area contributed by atoms with E-state index in [9.17, 15) is 19.1 Å². The number of carboxylic acid groups (broad SMARTS) is 1. The van der Waals surface area contributed by atoms with Crippen molar-refractivity contribution in [2.75, 3.05) is 24.5 Å². The summed E-state index contributed by atoms with van der Waals surface area (Å²) in [5, 5.41) is 9.25. The number of rotatable bonds is 5. The molecular formula is C29H30FN3O3. The molecule has 0 atom stereocenters. The fraction of sp³-hybridized carbons (Fsp3) is 0.345. The number of carbonyl (C=O) groups is 2. The summed E-state index contributed by atoms with van der Waals surface area (Å²) < 4.78 is 14.3. The zero-order valence-electron chi connectivity index (χ0n) is 20.4. The van der Waals surface area contributed by atoms with Crippen LogP contribution in [-0.2, 0) is 10.2 Å². The molecule has 186 valence electrons. The van der Waals surface area contributed by atoms with E-state index >= 15 is 0 Å². The fourth-order valence-electron chi connectivity index (χ4n) is 5.35. The molecule has 5 rings (SSSR count). The average molecular weight is 488 g/mol. The third kappa shape index (κ3) is 4.34. The highest BCUT2D eigenvalue weighted by Crippen LogP contribution is 2.56. The van der Waals surface area contributed by atoms with Gasteiger partial charge < -0.3 is 14.9 Å². The second-order valence-electron chi connectivity index (χ2n) is 9.95. The van der Waals surface area contributed by atoms with Crippen LogP contribution in [0.1, 0.15) is 54.1 Å². The van der Waals surface area contributed by atoms with Gasteiger partial charge in [-0.05, 0) is 56.4 Å². The van der Waals surface area contributed by atoms with Crippen molar-refractivity contribution in [3.63, 3.8) is 0 Å². The number of likely N-dealkylation sites (tertiary alicyclic amines) is 1. The Balaban J connectivity index is 1.41. The number of benzene rings is 2. The van der Waals surface area contributed by atoms with Gasteiger partial charge in [0, 0.05) is 53.6 Å². The van der Waals surface area contributed by atoms with Crippen LogP contribution >= 0.6 is 0 Å². The topological polar surface area (TPSA) is 73.2 Å². The van der Waals surface area contributed by atoms with Crippen LogP contribution in [0.25, 0.3) is 5.57 Å². The Bertz CT molecular complexity index is 1290. The standard InChI is InChI=1S/C29H30FN3O3/c1-3-20(23-6-4-5-7-25(23)30)17-31-19(2)33-18-29(12-13-29)24-9-8-22(16-26(24)33)27(34)32-14-10-21(11-15-32)28(35)36/h3-9,16-17,21H,1,10-15,18H2,2H3,(H,35,36)/b20-17+,31-19?. The molecule has 2 aromatic carbocycles. The van der Waals surface area contributed by atoms with E-state index in [2.05, 4.69) is 22.5 Å². The van der Waals surface area contributed by atoms with Gasteiger partial charge in [0.25, 0.3) is 5.91 Å². The lowest BCUT2D eigenvalue weighted by Gasteiger charge is -2.30. The second-order valence-corrected chi connectivity index (χ2v) is 9.95. The molecular weight excluding hydrogens is 457 g/mol. The Morgan fingerprint density at radius 2 is 1.89 bits per heavy atom. The molecule has 1 spiro atoms. The maximum Gasteiger partial charge on any atom is 0.306 e. The number of nitrogens with zero attached hydrogens (tertiary/aromatic N) is 3. The van der Waals surface area contributed by atoms with Crippen molar-refractivity contribution < 1.29 is 19.1 Å². The summed E-state index contributed by atoms with van der Waals surface area (Å²) in [4.78, 5) is 33.1. The lowest BCUT2D eigenvalue weighted by molar-refractivity contribution is -0.143. The van der Waals surface area contributed by atoms with Gasteiger partial charge in [-0.25, -0.2) is 9.38 Å². The van der Waals surface area contributed by atoms with E-state index in [0.717, 1.165) is 30.9 Å². The molecule has 2 aromatic rings. The number of hydrogen-bond acceptors (Lipinski definition) is 3. The molecule has 3 aliphatic rings. The molecule has 1 aliphatic carbocycles. The number of aliphatic carboxylic acids is 1. The van der Waals surface area contributed by atoms with E-state index in [1.165, 1.54) is 11.6 Å². The largest absolute Gasteiger partial charge is 0.481 e. The molecule has 2 aliphatic heterocycles. The molecule has 36 heavy (non-hydrogen) atoms. The van der Waals surface area contributed by atoms with Crippen molar-refractivity contribution in [1.29, 1.82) is 0 Å². The molecule has 2 fully saturated rings. The summed E-state index contributed by atoms with van der Waals surface area (Å²) in [7, 11) is 0. The molecule has 1 saturated carbocycles. The first-order valence-electron chi connectivity index (χ1n) is 12.4. The Hall–Kier alpha value is -3.74. The minimum absolute atomic E-state index is 0.0682. The highest BCUT2D eigenvalue weighted by atomic mass is 19.1. The third-order valence-corrected chi connectivity index (χ3v) is 7.74. The molecule has 1 amide bonds. The minimum Gasteiger partial charge on any atom is -0.481 e. The van der Waals surface area contributed by atoms with Crippen LogP contribution in [0.3, 0.4) is 0 Å². The summed E-state index contributed by atoms with van der Waals surface area (Å²) >= 11 is 0. The summed E-state index contributed by atoms with van der Waals surface area (Å²) in [5.41, 5.74) is 3.97. The normalized spacial score (nSPS) is 19.4. The first-order chi connectivity index (χ1) is 17.3. The molecule has 2 heterocycles. The van der Waals surface area contributed by atoms with Crippen LogP contribution in [0.5, 0.6) is 0 Å². The number of carbonyl (C=O) groups excluding carboxylic acids is 1. The van der Waals surface area contributed by atoms with Crippen molar-refractivity contribution in [2.24, 2.45) is 10.9 Å². The number of amides is 1. The van der Waals surface area contributed by atoms with E-state index in [1.54, 1.807) is 35.4 Å². The number of hydrogen-bond donors (Lipinski definition) is 1. The number of carboxylic acids is 1. The van der Waals surface area contributed by atoms with E-state index in [1.807, 2.05) is 19.1 Å². The number of amidine groups is 1. The monoisotopic (exact) mass is 487 g/mol. The van der Waals surface area contributed by atoms with Crippen LogP contribution in [0.2, 0.25) is 0 Å². The van der Waals surface area contributed by atoms with Crippen LogP contribution in [0.4, 0.5) is 10.1 Å². The minimum atomic E-state index is -0.788. The molecule has 1 saturated heterocycles. The van der Waals surface area contributed by atoms with Gasteiger partial charge in [-0.2, -0.15) is 0 Å². The first kappa shape index (κ1) is 24.0. The molecule has 0 bridgehead atoms. The van der Waals surface area contributed by atoms with Gasteiger partial charge in [-0.1, -0.05) is 36.9 Å².